The standard InChI is InChI=1S/C18H26N6O.HI/c1-5-6-7-12-24(3)18(19-2)20-13-16-21-17(23-22-16)14-8-10-15(25-4)11-9-14;/h5,8-11H,1,6-7,12-13H2,2-4H3,(H,19,20)(H,21,22,23);1H. The summed E-state index contributed by atoms with van der Waals surface area (Å²) in [7, 11) is 5.43. The van der Waals surface area contributed by atoms with Crippen molar-refractivity contribution in [3.8, 4) is 17.1 Å². The third-order valence-corrected chi connectivity index (χ3v) is 3.77. The summed E-state index contributed by atoms with van der Waals surface area (Å²) in [6.45, 7) is 5.19. The van der Waals surface area contributed by atoms with Crippen LogP contribution in [0.4, 0.5) is 0 Å². The number of aliphatic imine (C=N–C) groups is 1. The smallest absolute Gasteiger partial charge is 0.193 e. The predicted molar refractivity (Wildman–Crippen MR) is 116 cm³/mol. The molecule has 0 aliphatic carbocycles. The number of hydrogen-bond donors (Lipinski definition) is 2. The minimum Gasteiger partial charge on any atom is -0.497 e. The van der Waals surface area contributed by atoms with E-state index < -0.39 is 0 Å². The molecule has 0 fully saturated rings. The lowest BCUT2D eigenvalue weighted by atomic mass is 10.2. The third-order valence-electron chi connectivity index (χ3n) is 3.77. The molecule has 2 rings (SSSR count). The minimum atomic E-state index is 0. The molecule has 0 bridgehead atoms. The van der Waals surface area contributed by atoms with Crippen LogP contribution >= 0.6 is 24.0 Å². The quantitative estimate of drug-likeness (QED) is 0.204. The first-order valence-electron chi connectivity index (χ1n) is 8.26. The van der Waals surface area contributed by atoms with Crippen molar-refractivity contribution in [2.45, 2.75) is 19.4 Å². The molecule has 2 aromatic rings. The van der Waals surface area contributed by atoms with Crippen molar-refractivity contribution in [2.24, 2.45) is 4.99 Å². The summed E-state index contributed by atoms with van der Waals surface area (Å²) in [6, 6.07) is 7.66. The fraction of sp³-hybridized carbons (Fsp3) is 0.389. The number of allylic oxidation sites excluding steroid dienone is 1. The van der Waals surface area contributed by atoms with E-state index >= 15 is 0 Å². The van der Waals surface area contributed by atoms with Gasteiger partial charge in [0, 0.05) is 26.2 Å². The van der Waals surface area contributed by atoms with Gasteiger partial charge in [-0.2, -0.15) is 5.10 Å². The summed E-state index contributed by atoms with van der Waals surface area (Å²) in [5.41, 5.74) is 0.939. The molecule has 142 valence electrons. The number of aromatic nitrogens is 3. The van der Waals surface area contributed by atoms with E-state index in [4.69, 9.17) is 4.74 Å². The molecule has 26 heavy (non-hydrogen) atoms. The molecule has 8 heteroatoms. The molecular weight excluding hydrogens is 443 g/mol. The van der Waals surface area contributed by atoms with Crippen molar-refractivity contribution in [3.05, 3.63) is 42.7 Å². The molecule has 0 atom stereocenters. The molecule has 0 aliphatic heterocycles. The van der Waals surface area contributed by atoms with Crippen LogP contribution in [0.15, 0.2) is 41.9 Å². The molecule has 0 radical (unpaired) electrons. The zero-order valence-corrected chi connectivity index (χ0v) is 17.9. The minimum absolute atomic E-state index is 0. The van der Waals surface area contributed by atoms with Crippen molar-refractivity contribution in [2.75, 3.05) is 27.7 Å². The SMILES string of the molecule is C=CCCCN(C)C(=NC)NCc1nc(-c2ccc(OC)cc2)n[nH]1.I. The summed E-state index contributed by atoms with van der Waals surface area (Å²) < 4.78 is 5.16. The van der Waals surface area contributed by atoms with Crippen LogP contribution in [0.2, 0.25) is 0 Å². The number of methoxy groups -OCH3 is 1. The fourth-order valence-corrected chi connectivity index (χ4v) is 2.37. The van der Waals surface area contributed by atoms with Crippen LogP contribution < -0.4 is 10.1 Å². The van der Waals surface area contributed by atoms with Crippen molar-refractivity contribution in [1.82, 2.24) is 25.4 Å². The van der Waals surface area contributed by atoms with Gasteiger partial charge in [-0.3, -0.25) is 10.1 Å². The zero-order valence-electron chi connectivity index (χ0n) is 15.5. The first kappa shape index (κ1) is 21.9. The van der Waals surface area contributed by atoms with Crippen LogP contribution in [0.1, 0.15) is 18.7 Å². The Morgan fingerprint density at radius 3 is 2.73 bits per heavy atom. The maximum absolute atomic E-state index is 5.16. The van der Waals surface area contributed by atoms with Crippen LogP contribution in [-0.4, -0.2) is 53.8 Å². The highest BCUT2D eigenvalue weighted by Crippen LogP contribution is 2.18. The van der Waals surface area contributed by atoms with E-state index in [9.17, 15) is 0 Å². The van der Waals surface area contributed by atoms with Gasteiger partial charge in [-0.25, -0.2) is 4.98 Å². The molecule has 0 amide bonds. The number of ether oxygens (including phenoxy) is 1. The molecule has 0 aliphatic rings. The van der Waals surface area contributed by atoms with Crippen LogP contribution in [0.5, 0.6) is 5.75 Å². The van der Waals surface area contributed by atoms with E-state index in [1.54, 1.807) is 14.2 Å². The molecular formula is C18H27IN6O. The van der Waals surface area contributed by atoms with Gasteiger partial charge >= 0.3 is 0 Å². The topological polar surface area (TPSA) is 78.4 Å². The summed E-state index contributed by atoms with van der Waals surface area (Å²) in [4.78, 5) is 10.9. The van der Waals surface area contributed by atoms with Crippen molar-refractivity contribution < 1.29 is 4.74 Å². The Labute approximate surface area is 172 Å². The maximum atomic E-state index is 5.16. The molecule has 0 spiro atoms. The number of halogens is 1. The number of nitrogens with one attached hydrogen (secondary N) is 2. The van der Waals surface area contributed by atoms with Crippen molar-refractivity contribution >= 4 is 29.9 Å². The maximum Gasteiger partial charge on any atom is 0.193 e. The Bertz CT molecular complexity index is 698. The lowest BCUT2D eigenvalue weighted by molar-refractivity contribution is 0.415. The molecule has 2 N–H and O–H groups in total. The molecule has 7 nitrogen and oxygen atoms in total. The molecule has 1 aromatic carbocycles. The van der Waals surface area contributed by atoms with Gasteiger partial charge in [0.15, 0.2) is 11.8 Å². The molecule has 0 unspecified atom stereocenters. The monoisotopic (exact) mass is 470 g/mol. The molecule has 0 saturated heterocycles. The van der Waals surface area contributed by atoms with Crippen LogP contribution in [0.25, 0.3) is 11.4 Å². The highest BCUT2D eigenvalue weighted by molar-refractivity contribution is 14.0. The Morgan fingerprint density at radius 1 is 1.38 bits per heavy atom. The number of aromatic amines is 1. The average molecular weight is 470 g/mol. The second kappa shape index (κ2) is 11.5. The lowest BCUT2D eigenvalue weighted by Gasteiger charge is -2.21. The lowest BCUT2D eigenvalue weighted by Crippen LogP contribution is -2.39. The van der Waals surface area contributed by atoms with Gasteiger partial charge in [-0.15, -0.1) is 30.6 Å². The largest absolute Gasteiger partial charge is 0.497 e. The van der Waals surface area contributed by atoms with E-state index in [2.05, 4.69) is 37.0 Å². The second-order valence-corrected chi connectivity index (χ2v) is 5.59. The Morgan fingerprint density at radius 2 is 2.12 bits per heavy atom. The molecule has 0 saturated carbocycles. The van der Waals surface area contributed by atoms with Crippen LogP contribution in [0, 0.1) is 0 Å². The predicted octanol–water partition coefficient (Wildman–Crippen LogP) is 3.07. The van der Waals surface area contributed by atoms with E-state index in [1.807, 2.05) is 37.4 Å². The van der Waals surface area contributed by atoms with E-state index in [1.165, 1.54) is 0 Å². The van der Waals surface area contributed by atoms with E-state index in [0.29, 0.717) is 12.4 Å². The van der Waals surface area contributed by atoms with Gasteiger partial charge in [0.2, 0.25) is 0 Å². The normalized spacial score (nSPS) is 10.8. The number of H-pyrrole nitrogens is 1. The number of hydrogen-bond acceptors (Lipinski definition) is 4. The van der Waals surface area contributed by atoms with Gasteiger partial charge in [-0.1, -0.05) is 6.08 Å². The van der Waals surface area contributed by atoms with Crippen molar-refractivity contribution in [1.29, 1.82) is 0 Å². The summed E-state index contributed by atoms with van der Waals surface area (Å²) in [6.07, 6.45) is 3.97. The number of benzene rings is 1. The molecule has 1 aromatic heterocycles. The highest BCUT2D eigenvalue weighted by Gasteiger charge is 2.09. The Balaban J connectivity index is 0.00000338. The van der Waals surface area contributed by atoms with Crippen molar-refractivity contribution in [3.63, 3.8) is 0 Å². The number of rotatable bonds is 8. The van der Waals surface area contributed by atoms with Crippen LogP contribution in [-0.2, 0) is 6.54 Å². The van der Waals surface area contributed by atoms with Gasteiger partial charge in [-0.05, 0) is 37.1 Å². The third kappa shape index (κ3) is 6.32. The van der Waals surface area contributed by atoms with E-state index in [-0.39, 0.29) is 24.0 Å². The van der Waals surface area contributed by atoms with Gasteiger partial charge in [0.1, 0.15) is 11.6 Å². The van der Waals surface area contributed by atoms with Gasteiger partial charge < -0.3 is 15.0 Å². The summed E-state index contributed by atoms with van der Waals surface area (Å²) in [5.74, 6) is 3.05. The van der Waals surface area contributed by atoms with E-state index in [0.717, 1.165) is 42.5 Å². The van der Waals surface area contributed by atoms with Gasteiger partial charge in [0.25, 0.3) is 0 Å². The first-order valence-corrected chi connectivity index (χ1v) is 8.26. The Kier molecular flexibility index (Phi) is 9.71. The first-order chi connectivity index (χ1) is 12.2. The highest BCUT2D eigenvalue weighted by atomic mass is 127. The number of guanidine groups is 1. The zero-order chi connectivity index (χ0) is 18.1. The number of nitrogens with zero attached hydrogens (tertiary/aromatic N) is 4. The second-order valence-electron chi connectivity index (χ2n) is 5.59. The number of unbranched alkanes of at least 4 members (excludes halogenated alkanes) is 1. The fourth-order valence-electron chi connectivity index (χ4n) is 2.37. The summed E-state index contributed by atoms with van der Waals surface area (Å²) in [5, 5.41) is 10.5. The van der Waals surface area contributed by atoms with Crippen LogP contribution in [0.3, 0.4) is 0 Å². The average Bonchev–Trinajstić information content (AvgIpc) is 3.11. The molecule has 1 heterocycles. The van der Waals surface area contributed by atoms with Gasteiger partial charge in [0.05, 0.1) is 13.7 Å². The Hall–Kier alpha value is -2.10. The summed E-state index contributed by atoms with van der Waals surface area (Å²) >= 11 is 0.